The van der Waals surface area contributed by atoms with Gasteiger partial charge in [0.15, 0.2) is 12.4 Å². The number of carbonyl (C=O) groups is 1. The highest BCUT2D eigenvalue weighted by Crippen LogP contribution is 2.29. The Labute approximate surface area is 183 Å². The van der Waals surface area contributed by atoms with E-state index in [9.17, 15) is 31.1 Å². The molecule has 174 valence electrons. The van der Waals surface area contributed by atoms with Crippen LogP contribution in [0.1, 0.15) is 5.56 Å². The van der Waals surface area contributed by atoms with Crippen molar-refractivity contribution >= 4 is 17.5 Å². The van der Waals surface area contributed by atoms with Gasteiger partial charge in [0.25, 0.3) is 5.91 Å². The molecule has 2 aromatic carbocycles. The molecule has 0 unspecified atom stereocenters. The van der Waals surface area contributed by atoms with Crippen LogP contribution < -0.4 is 4.74 Å². The predicted molar refractivity (Wildman–Crippen MR) is 99.1 cm³/mol. The first-order chi connectivity index (χ1) is 15.2. The van der Waals surface area contributed by atoms with E-state index in [2.05, 4.69) is 4.74 Å². The number of morpholine rings is 1. The molecule has 3 rings (SSSR count). The second-order valence-corrected chi connectivity index (χ2v) is 7.18. The van der Waals surface area contributed by atoms with Crippen LogP contribution in [0.3, 0.4) is 0 Å². The lowest BCUT2D eigenvalue weighted by Crippen LogP contribution is -2.48. The van der Waals surface area contributed by atoms with E-state index < -0.39 is 59.3 Å². The van der Waals surface area contributed by atoms with Crippen molar-refractivity contribution in [3.63, 3.8) is 0 Å². The number of rotatable bonds is 7. The van der Waals surface area contributed by atoms with Crippen LogP contribution in [0.25, 0.3) is 0 Å². The maximum atomic E-state index is 13.6. The zero-order valence-corrected chi connectivity index (χ0v) is 17.0. The summed E-state index contributed by atoms with van der Waals surface area (Å²) in [6.45, 7) is -0.543. The maximum absolute atomic E-state index is 13.6. The van der Waals surface area contributed by atoms with Crippen molar-refractivity contribution in [3.05, 3.63) is 63.7 Å². The van der Waals surface area contributed by atoms with Crippen LogP contribution in [0, 0.1) is 34.9 Å². The van der Waals surface area contributed by atoms with Crippen LogP contribution >= 0.6 is 11.6 Å². The molecule has 1 amide bonds. The molecule has 1 fully saturated rings. The van der Waals surface area contributed by atoms with Gasteiger partial charge in [-0.2, -0.15) is 8.78 Å². The van der Waals surface area contributed by atoms with Crippen molar-refractivity contribution < 1.29 is 45.3 Å². The largest absolute Gasteiger partial charge is 0.477 e. The number of ether oxygens (including phenoxy) is 3. The molecule has 0 bridgehead atoms. The van der Waals surface area contributed by atoms with Gasteiger partial charge in [-0.1, -0.05) is 17.7 Å². The fourth-order valence-corrected chi connectivity index (χ4v) is 3.14. The van der Waals surface area contributed by atoms with Crippen LogP contribution in [0.2, 0.25) is 5.02 Å². The molecule has 0 spiro atoms. The van der Waals surface area contributed by atoms with E-state index >= 15 is 0 Å². The van der Waals surface area contributed by atoms with E-state index in [0.717, 1.165) is 6.07 Å². The number of benzene rings is 2. The lowest BCUT2D eigenvalue weighted by Gasteiger charge is -2.32. The van der Waals surface area contributed by atoms with Gasteiger partial charge < -0.3 is 19.1 Å². The summed E-state index contributed by atoms with van der Waals surface area (Å²) in [5.41, 5.74) is 0.549. The van der Waals surface area contributed by atoms with E-state index in [1.54, 1.807) is 0 Å². The van der Waals surface area contributed by atoms with Crippen LogP contribution in [0.5, 0.6) is 5.75 Å². The molecular formula is C20H16ClF6NO4. The zero-order chi connectivity index (χ0) is 23.4. The highest BCUT2D eigenvalue weighted by atomic mass is 35.5. The molecule has 1 saturated heterocycles. The summed E-state index contributed by atoms with van der Waals surface area (Å²) in [6.07, 6.45) is -0.555. The highest BCUT2D eigenvalue weighted by Gasteiger charge is 2.29. The van der Waals surface area contributed by atoms with E-state index in [4.69, 9.17) is 21.1 Å². The van der Waals surface area contributed by atoms with Crippen molar-refractivity contribution in [2.24, 2.45) is 0 Å². The third-order valence-electron chi connectivity index (χ3n) is 4.58. The minimum Gasteiger partial charge on any atom is -0.477 e. The molecule has 0 aromatic heterocycles. The Morgan fingerprint density at radius 3 is 2.38 bits per heavy atom. The van der Waals surface area contributed by atoms with Crippen molar-refractivity contribution in [2.45, 2.75) is 12.7 Å². The molecule has 5 nitrogen and oxygen atoms in total. The van der Waals surface area contributed by atoms with Crippen molar-refractivity contribution in [1.82, 2.24) is 4.90 Å². The summed E-state index contributed by atoms with van der Waals surface area (Å²) in [6, 6.07) is 3.83. The Hall–Kier alpha value is -2.50. The Balaban J connectivity index is 1.52. The quantitative estimate of drug-likeness (QED) is 0.339. The molecule has 1 heterocycles. The molecule has 0 aliphatic carbocycles. The zero-order valence-electron chi connectivity index (χ0n) is 16.3. The van der Waals surface area contributed by atoms with Gasteiger partial charge >= 0.3 is 0 Å². The van der Waals surface area contributed by atoms with Crippen LogP contribution in [-0.4, -0.2) is 49.8 Å². The number of hydrogen-bond acceptors (Lipinski definition) is 4. The summed E-state index contributed by atoms with van der Waals surface area (Å²) in [7, 11) is 0. The summed E-state index contributed by atoms with van der Waals surface area (Å²) in [4.78, 5) is 13.5. The molecule has 12 heteroatoms. The molecule has 1 aliphatic rings. The SMILES string of the molecule is O=C(COc1c(F)c(F)c(F)c(F)c1F)N1CCO[C@H](COCc2ccc(F)cc2Cl)C1. The van der Waals surface area contributed by atoms with E-state index in [-0.39, 0.29) is 37.9 Å². The van der Waals surface area contributed by atoms with Crippen LogP contribution in [-0.2, 0) is 20.9 Å². The summed E-state index contributed by atoms with van der Waals surface area (Å²) in [5.74, 6) is -13.8. The number of nitrogens with zero attached hydrogens (tertiary/aromatic N) is 1. The lowest BCUT2D eigenvalue weighted by atomic mass is 10.2. The average Bonchev–Trinajstić information content (AvgIpc) is 2.78. The van der Waals surface area contributed by atoms with Gasteiger partial charge in [-0.25, -0.2) is 17.6 Å². The van der Waals surface area contributed by atoms with Crippen LogP contribution in [0.15, 0.2) is 18.2 Å². The fraction of sp³-hybridized carbons (Fsp3) is 0.350. The van der Waals surface area contributed by atoms with Gasteiger partial charge in [0, 0.05) is 18.1 Å². The van der Waals surface area contributed by atoms with Crippen molar-refractivity contribution in [2.75, 3.05) is 32.9 Å². The monoisotopic (exact) mass is 483 g/mol. The molecule has 1 aliphatic heterocycles. The molecule has 32 heavy (non-hydrogen) atoms. The first-order valence-electron chi connectivity index (χ1n) is 9.24. The average molecular weight is 484 g/mol. The van der Waals surface area contributed by atoms with Gasteiger partial charge in [0.05, 0.1) is 25.9 Å². The standard InChI is InChI=1S/C20H16ClF6NO4/c21-13-5-11(22)2-1-10(13)7-30-8-12-6-28(3-4-31-12)14(29)9-32-20-18(26)16(24)15(23)17(25)19(20)27/h1-2,5,12H,3-4,6-9H2/t12-/m0/s1. The van der Waals surface area contributed by atoms with E-state index in [0.29, 0.717) is 5.56 Å². The summed E-state index contributed by atoms with van der Waals surface area (Å²) in [5, 5.41) is 0.191. The normalized spacial score (nSPS) is 16.3. The smallest absolute Gasteiger partial charge is 0.260 e. The highest BCUT2D eigenvalue weighted by molar-refractivity contribution is 6.31. The van der Waals surface area contributed by atoms with Gasteiger partial charge in [-0.3, -0.25) is 4.79 Å². The fourth-order valence-electron chi connectivity index (χ4n) is 2.92. The number of amides is 1. The molecule has 2 aromatic rings. The second kappa shape index (κ2) is 10.4. The Morgan fingerprint density at radius 1 is 1.06 bits per heavy atom. The minimum atomic E-state index is -2.32. The van der Waals surface area contributed by atoms with Gasteiger partial charge in [0.2, 0.25) is 29.1 Å². The molecular weight excluding hydrogens is 468 g/mol. The van der Waals surface area contributed by atoms with Crippen LogP contribution in [0.4, 0.5) is 26.3 Å². The van der Waals surface area contributed by atoms with Gasteiger partial charge in [0.1, 0.15) is 5.82 Å². The minimum absolute atomic E-state index is 0.0381. The Morgan fingerprint density at radius 2 is 1.72 bits per heavy atom. The lowest BCUT2D eigenvalue weighted by molar-refractivity contribution is -0.143. The molecule has 0 radical (unpaired) electrons. The maximum Gasteiger partial charge on any atom is 0.260 e. The Kier molecular flexibility index (Phi) is 7.86. The molecule has 0 N–H and O–H groups in total. The summed E-state index contributed by atoms with van der Waals surface area (Å²) < 4.78 is 95.4. The van der Waals surface area contributed by atoms with Gasteiger partial charge in [-0.15, -0.1) is 0 Å². The number of carbonyl (C=O) groups excluding carboxylic acids is 1. The summed E-state index contributed by atoms with van der Waals surface area (Å²) >= 11 is 5.91. The topological polar surface area (TPSA) is 48.0 Å². The van der Waals surface area contributed by atoms with Gasteiger partial charge in [-0.05, 0) is 17.7 Å². The predicted octanol–water partition coefficient (Wildman–Crippen LogP) is 4.00. The third kappa shape index (κ3) is 5.45. The number of halogens is 7. The Bertz CT molecular complexity index is 980. The second-order valence-electron chi connectivity index (χ2n) is 6.77. The molecule has 1 atom stereocenters. The van der Waals surface area contributed by atoms with Crippen molar-refractivity contribution in [3.8, 4) is 5.75 Å². The first kappa shape index (κ1) is 24.1. The van der Waals surface area contributed by atoms with Crippen molar-refractivity contribution in [1.29, 1.82) is 0 Å². The number of hydrogen-bond donors (Lipinski definition) is 0. The molecule has 0 saturated carbocycles. The van der Waals surface area contributed by atoms with E-state index in [1.165, 1.54) is 17.0 Å². The third-order valence-corrected chi connectivity index (χ3v) is 4.93. The van der Waals surface area contributed by atoms with E-state index in [1.807, 2.05) is 0 Å². The first-order valence-corrected chi connectivity index (χ1v) is 9.62.